The van der Waals surface area contributed by atoms with Crippen LogP contribution >= 0.6 is 0 Å². The molecule has 2 N–H and O–H groups in total. The maximum absolute atomic E-state index is 6.01. The van der Waals surface area contributed by atoms with E-state index in [0.717, 1.165) is 31.4 Å². The lowest BCUT2D eigenvalue weighted by atomic mass is 10.1. The van der Waals surface area contributed by atoms with E-state index in [0.29, 0.717) is 6.04 Å². The molecule has 1 atom stereocenters. The summed E-state index contributed by atoms with van der Waals surface area (Å²) in [5.74, 6) is 1.82. The molecule has 104 valence electrons. The molecule has 1 heterocycles. The molecule has 19 heavy (non-hydrogen) atoms. The van der Waals surface area contributed by atoms with E-state index >= 15 is 0 Å². The van der Waals surface area contributed by atoms with E-state index in [2.05, 4.69) is 29.2 Å². The van der Waals surface area contributed by atoms with Crippen LogP contribution in [0.25, 0.3) is 0 Å². The zero-order chi connectivity index (χ0) is 13.1. The van der Waals surface area contributed by atoms with Gasteiger partial charge in [-0.2, -0.15) is 0 Å². The van der Waals surface area contributed by atoms with Gasteiger partial charge >= 0.3 is 0 Å². The molecule has 2 aliphatic rings. The first-order chi connectivity index (χ1) is 9.29. The second-order valence-corrected chi connectivity index (χ2v) is 6.04. The molecular formula is C16H24N2O. The minimum Gasteiger partial charge on any atom is -0.493 e. The Morgan fingerprint density at radius 3 is 2.63 bits per heavy atom. The van der Waals surface area contributed by atoms with E-state index < -0.39 is 0 Å². The molecule has 1 aromatic carbocycles. The van der Waals surface area contributed by atoms with Gasteiger partial charge in [0.25, 0.3) is 0 Å². The first-order valence-corrected chi connectivity index (χ1v) is 7.49. The van der Waals surface area contributed by atoms with Gasteiger partial charge in [-0.3, -0.25) is 4.90 Å². The summed E-state index contributed by atoms with van der Waals surface area (Å²) < 4.78 is 5.76. The summed E-state index contributed by atoms with van der Waals surface area (Å²) in [6.45, 7) is 4.10. The van der Waals surface area contributed by atoms with Crippen molar-refractivity contribution in [2.24, 2.45) is 11.7 Å². The van der Waals surface area contributed by atoms with Gasteiger partial charge in [0, 0.05) is 19.1 Å². The second kappa shape index (κ2) is 5.93. The standard InChI is InChI=1S/C16H24N2O/c17-15-2-1-9-18(11-15)10-13-5-7-16(8-6-13)19-12-14-3-4-14/h5-8,14-15H,1-4,9-12,17H2/t15-/m1/s1. The number of benzene rings is 1. The molecule has 3 nitrogen and oxygen atoms in total. The third-order valence-corrected chi connectivity index (χ3v) is 4.05. The van der Waals surface area contributed by atoms with Crippen LogP contribution in [-0.2, 0) is 6.54 Å². The molecule has 3 rings (SSSR count). The van der Waals surface area contributed by atoms with Crippen molar-refractivity contribution in [2.75, 3.05) is 19.7 Å². The third-order valence-electron chi connectivity index (χ3n) is 4.05. The van der Waals surface area contributed by atoms with Gasteiger partial charge in [0.2, 0.25) is 0 Å². The molecule has 1 saturated carbocycles. The highest BCUT2D eigenvalue weighted by atomic mass is 16.5. The average Bonchev–Trinajstić information content (AvgIpc) is 3.22. The quantitative estimate of drug-likeness (QED) is 0.883. The van der Waals surface area contributed by atoms with Crippen molar-refractivity contribution in [1.29, 1.82) is 0 Å². The Bertz CT molecular complexity index is 400. The number of hydrogen-bond donors (Lipinski definition) is 1. The maximum Gasteiger partial charge on any atom is 0.119 e. The van der Waals surface area contributed by atoms with Crippen molar-refractivity contribution < 1.29 is 4.74 Å². The molecule has 2 fully saturated rings. The van der Waals surface area contributed by atoms with Gasteiger partial charge in [0.05, 0.1) is 6.61 Å². The van der Waals surface area contributed by atoms with Crippen LogP contribution in [0.2, 0.25) is 0 Å². The first-order valence-electron chi connectivity index (χ1n) is 7.49. The monoisotopic (exact) mass is 260 g/mol. The Labute approximate surface area is 115 Å². The summed E-state index contributed by atoms with van der Waals surface area (Å²) in [4.78, 5) is 2.45. The molecular weight excluding hydrogens is 236 g/mol. The zero-order valence-electron chi connectivity index (χ0n) is 11.6. The van der Waals surface area contributed by atoms with E-state index in [1.807, 2.05) is 0 Å². The summed E-state index contributed by atoms with van der Waals surface area (Å²) >= 11 is 0. The van der Waals surface area contributed by atoms with Crippen LogP contribution in [0.1, 0.15) is 31.2 Å². The SMILES string of the molecule is N[C@@H]1CCCN(Cc2ccc(OCC3CC3)cc2)C1. The van der Waals surface area contributed by atoms with Crippen molar-refractivity contribution in [3.05, 3.63) is 29.8 Å². The fourth-order valence-electron chi connectivity index (χ4n) is 2.68. The summed E-state index contributed by atoms with van der Waals surface area (Å²) in [5.41, 5.74) is 7.37. The highest BCUT2D eigenvalue weighted by Crippen LogP contribution is 2.29. The number of likely N-dealkylation sites (tertiary alicyclic amines) is 1. The Morgan fingerprint density at radius 1 is 1.16 bits per heavy atom. The molecule has 0 spiro atoms. The number of hydrogen-bond acceptors (Lipinski definition) is 3. The van der Waals surface area contributed by atoms with E-state index in [-0.39, 0.29) is 0 Å². The number of rotatable bonds is 5. The molecule has 3 heteroatoms. The number of ether oxygens (including phenoxy) is 1. The van der Waals surface area contributed by atoms with Crippen molar-refractivity contribution in [2.45, 2.75) is 38.3 Å². The van der Waals surface area contributed by atoms with Gasteiger partial charge in [-0.05, 0) is 55.8 Å². The molecule has 1 aliphatic heterocycles. The van der Waals surface area contributed by atoms with Gasteiger partial charge in [0.1, 0.15) is 5.75 Å². The lowest BCUT2D eigenvalue weighted by molar-refractivity contribution is 0.201. The average molecular weight is 260 g/mol. The Morgan fingerprint density at radius 2 is 1.95 bits per heavy atom. The highest BCUT2D eigenvalue weighted by molar-refractivity contribution is 5.27. The van der Waals surface area contributed by atoms with Crippen LogP contribution in [-0.4, -0.2) is 30.6 Å². The molecule has 1 aromatic rings. The fraction of sp³-hybridized carbons (Fsp3) is 0.625. The van der Waals surface area contributed by atoms with Crippen molar-refractivity contribution in [3.63, 3.8) is 0 Å². The lowest BCUT2D eigenvalue weighted by Crippen LogP contribution is -2.42. The molecule has 0 bridgehead atoms. The van der Waals surface area contributed by atoms with Crippen LogP contribution in [0.4, 0.5) is 0 Å². The lowest BCUT2D eigenvalue weighted by Gasteiger charge is -2.30. The molecule has 0 aromatic heterocycles. The van der Waals surface area contributed by atoms with Gasteiger partial charge in [-0.15, -0.1) is 0 Å². The number of piperidine rings is 1. The smallest absolute Gasteiger partial charge is 0.119 e. The Balaban J connectivity index is 1.50. The molecule has 0 unspecified atom stereocenters. The van der Waals surface area contributed by atoms with Gasteiger partial charge in [-0.1, -0.05) is 12.1 Å². The van der Waals surface area contributed by atoms with Crippen molar-refractivity contribution >= 4 is 0 Å². The number of nitrogens with two attached hydrogens (primary N) is 1. The topological polar surface area (TPSA) is 38.5 Å². The van der Waals surface area contributed by atoms with Crippen LogP contribution in [0, 0.1) is 5.92 Å². The first kappa shape index (κ1) is 12.9. The summed E-state index contributed by atoms with van der Waals surface area (Å²) in [7, 11) is 0. The fourth-order valence-corrected chi connectivity index (χ4v) is 2.68. The number of nitrogens with zero attached hydrogens (tertiary/aromatic N) is 1. The predicted octanol–water partition coefficient (Wildman–Crippen LogP) is 2.40. The summed E-state index contributed by atoms with van der Waals surface area (Å²) in [6, 6.07) is 8.92. The van der Waals surface area contributed by atoms with E-state index in [1.165, 1.54) is 37.8 Å². The molecule has 1 saturated heterocycles. The minimum absolute atomic E-state index is 0.356. The molecule has 0 radical (unpaired) electrons. The van der Waals surface area contributed by atoms with Gasteiger partial charge < -0.3 is 10.5 Å². The Kier molecular flexibility index (Phi) is 4.04. The highest BCUT2D eigenvalue weighted by Gasteiger charge is 2.21. The molecule has 1 aliphatic carbocycles. The van der Waals surface area contributed by atoms with Crippen LogP contribution < -0.4 is 10.5 Å². The van der Waals surface area contributed by atoms with Crippen molar-refractivity contribution in [3.8, 4) is 5.75 Å². The van der Waals surface area contributed by atoms with Crippen LogP contribution in [0.15, 0.2) is 24.3 Å². The van der Waals surface area contributed by atoms with Crippen LogP contribution in [0.3, 0.4) is 0 Å². The van der Waals surface area contributed by atoms with E-state index in [9.17, 15) is 0 Å². The summed E-state index contributed by atoms with van der Waals surface area (Å²) in [6.07, 6.45) is 5.08. The predicted molar refractivity (Wildman–Crippen MR) is 77.1 cm³/mol. The van der Waals surface area contributed by atoms with Gasteiger partial charge in [-0.25, -0.2) is 0 Å². The summed E-state index contributed by atoms with van der Waals surface area (Å²) in [5, 5.41) is 0. The normalized spacial score (nSPS) is 24.4. The molecule has 0 amide bonds. The van der Waals surface area contributed by atoms with E-state index in [4.69, 9.17) is 10.5 Å². The largest absolute Gasteiger partial charge is 0.493 e. The minimum atomic E-state index is 0.356. The maximum atomic E-state index is 6.01. The van der Waals surface area contributed by atoms with Crippen molar-refractivity contribution in [1.82, 2.24) is 4.90 Å². The van der Waals surface area contributed by atoms with Crippen LogP contribution in [0.5, 0.6) is 5.75 Å². The Hall–Kier alpha value is -1.06. The second-order valence-electron chi connectivity index (χ2n) is 6.04. The third kappa shape index (κ3) is 3.95. The van der Waals surface area contributed by atoms with Gasteiger partial charge in [0.15, 0.2) is 0 Å². The zero-order valence-corrected chi connectivity index (χ0v) is 11.6. The van der Waals surface area contributed by atoms with E-state index in [1.54, 1.807) is 0 Å².